The van der Waals surface area contributed by atoms with Gasteiger partial charge in [0.2, 0.25) is 5.91 Å². The highest BCUT2D eigenvalue weighted by Crippen LogP contribution is 2.37. The zero-order valence-corrected chi connectivity index (χ0v) is 13.0. The lowest BCUT2D eigenvalue weighted by atomic mass is 10.0. The van der Waals surface area contributed by atoms with E-state index in [2.05, 4.69) is 16.1 Å². The van der Waals surface area contributed by atoms with E-state index in [-0.39, 0.29) is 23.8 Å². The topological polar surface area (TPSA) is 54.3 Å². The summed E-state index contributed by atoms with van der Waals surface area (Å²) in [7, 11) is 0. The molecule has 0 aromatic carbocycles. The van der Waals surface area contributed by atoms with Crippen LogP contribution in [0, 0.1) is 12.3 Å². The Morgan fingerprint density at radius 3 is 2.86 bits per heavy atom. The van der Waals surface area contributed by atoms with Crippen molar-refractivity contribution in [3.05, 3.63) is 0 Å². The molecule has 0 aromatic heterocycles. The average molecular weight is 291 g/mol. The van der Waals surface area contributed by atoms with Gasteiger partial charge in [-0.25, -0.2) is 0 Å². The number of terminal acetylenes is 1. The molecule has 2 aliphatic rings. The molecule has 0 N–H and O–H groups in total. The Morgan fingerprint density at radius 2 is 2.24 bits per heavy atom. The Bertz CT molecular complexity index is 433. The largest absolute Gasteiger partial charge is 0.374 e. The van der Waals surface area contributed by atoms with Crippen LogP contribution < -0.4 is 0 Å². The summed E-state index contributed by atoms with van der Waals surface area (Å²) in [5.41, 5.74) is -0.356. The van der Waals surface area contributed by atoms with Gasteiger partial charge in [-0.3, -0.25) is 4.79 Å². The molecule has 0 aliphatic carbocycles. The van der Waals surface area contributed by atoms with Crippen molar-refractivity contribution < 1.29 is 9.53 Å². The highest BCUT2D eigenvalue weighted by molar-refractivity contribution is 5.76. The summed E-state index contributed by atoms with van der Waals surface area (Å²) < 4.78 is 5.83. The van der Waals surface area contributed by atoms with Gasteiger partial charge in [0.25, 0.3) is 0 Å². The smallest absolute Gasteiger partial charge is 0.222 e. The van der Waals surface area contributed by atoms with Crippen LogP contribution in [0.5, 0.6) is 0 Å². The van der Waals surface area contributed by atoms with Crippen LogP contribution in [0.4, 0.5) is 0 Å². The summed E-state index contributed by atoms with van der Waals surface area (Å²) in [5.74, 6) is 2.79. The lowest BCUT2D eigenvalue weighted by Gasteiger charge is -2.33. The van der Waals surface area contributed by atoms with Gasteiger partial charge in [-0.05, 0) is 26.7 Å². The van der Waals surface area contributed by atoms with Gasteiger partial charge in [0.1, 0.15) is 0 Å². The van der Waals surface area contributed by atoms with Crippen LogP contribution in [0.1, 0.15) is 52.4 Å². The van der Waals surface area contributed by atoms with E-state index < -0.39 is 0 Å². The maximum absolute atomic E-state index is 12.3. The molecular formula is C16H25N3O2. The molecule has 1 unspecified atom stereocenters. The van der Waals surface area contributed by atoms with Crippen LogP contribution in [0.2, 0.25) is 0 Å². The predicted molar refractivity (Wildman–Crippen MR) is 80.7 cm³/mol. The normalized spacial score (nSPS) is 23.1. The van der Waals surface area contributed by atoms with Crippen molar-refractivity contribution in [2.45, 2.75) is 70.2 Å². The minimum atomic E-state index is -0.356. The summed E-state index contributed by atoms with van der Waals surface area (Å²) >= 11 is 0. The van der Waals surface area contributed by atoms with E-state index in [1.54, 1.807) is 0 Å². The number of hydrogen-bond acceptors (Lipinski definition) is 4. The van der Waals surface area contributed by atoms with Gasteiger partial charge in [0.15, 0.2) is 5.66 Å². The molecule has 0 bridgehead atoms. The summed E-state index contributed by atoms with van der Waals surface area (Å²) in [5, 5.41) is 8.15. The third-order valence-corrected chi connectivity index (χ3v) is 3.99. The number of likely N-dealkylation sites (tertiary alicyclic amines) is 1. The molecule has 0 spiro atoms. The Kier molecular flexibility index (Phi) is 5.35. The fourth-order valence-electron chi connectivity index (χ4n) is 2.79. The van der Waals surface area contributed by atoms with E-state index in [1.807, 2.05) is 18.7 Å². The van der Waals surface area contributed by atoms with E-state index in [4.69, 9.17) is 11.2 Å². The first-order valence-corrected chi connectivity index (χ1v) is 7.85. The lowest BCUT2D eigenvalue weighted by Crippen LogP contribution is -2.44. The molecule has 0 aromatic rings. The number of carbonyl (C=O) groups is 1. The minimum Gasteiger partial charge on any atom is -0.374 e. The van der Waals surface area contributed by atoms with Gasteiger partial charge >= 0.3 is 0 Å². The minimum absolute atomic E-state index is 0.174. The predicted octanol–water partition coefficient (Wildman–Crippen LogP) is 2.76. The van der Waals surface area contributed by atoms with Gasteiger partial charge in [0.05, 0.1) is 12.2 Å². The molecule has 116 valence electrons. The van der Waals surface area contributed by atoms with E-state index in [0.717, 1.165) is 25.8 Å². The molecule has 2 rings (SSSR count). The molecule has 0 radical (unpaired) electrons. The van der Waals surface area contributed by atoms with Crippen molar-refractivity contribution in [2.24, 2.45) is 10.2 Å². The Balaban J connectivity index is 1.74. The number of nitrogens with zero attached hydrogens (tertiary/aromatic N) is 3. The van der Waals surface area contributed by atoms with E-state index >= 15 is 0 Å². The number of carbonyl (C=O) groups excluding carboxylic acids is 1. The van der Waals surface area contributed by atoms with Crippen molar-refractivity contribution in [2.75, 3.05) is 13.1 Å². The monoisotopic (exact) mass is 291 g/mol. The van der Waals surface area contributed by atoms with Crippen LogP contribution in [-0.4, -0.2) is 41.8 Å². The SMILES string of the molecule is C#CCCC1(CCC(=O)N2CCCC(OC(C)C)C2)N=N1. The van der Waals surface area contributed by atoms with E-state index in [1.165, 1.54) is 0 Å². The van der Waals surface area contributed by atoms with Crippen LogP contribution in [-0.2, 0) is 9.53 Å². The maximum atomic E-state index is 12.3. The number of ether oxygens (including phenoxy) is 1. The molecule has 2 heterocycles. The second-order valence-corrected chi connectivity index (χ2v) is 6.18. The van der Waals surface area contributed by atoms with Crippen LogP contribution in [0.3, 0.4) is 0 Å². The van der Waals surface area contributed by atoms with Crippen molar-refractivity contribution in [1.29, 1.82) is 0 Å². The Hall–Kier alpha value is -1.41. The molecule has 5 nitrogen and oxygen atoms in total. The average Bonchev–Trinajstić information content (AvgIpc) is 3.23. The highest BCUT2D eigenvalue weighted by atomic mass is 16.5. The van der Waals surface area contributed by atoms with E-state index in [9.17, 15) is 4.79 Å². The molecule has 2 aliphatic heterocycles. The molecule has 5 heteroatoms. The highest BCUT2D eigenvalue weighted by Gasteiger charge is 2.39. The molecular weight excluding hydrogens is 266 g/mol. The molecule has 1 atom stereocenters. The van der Waals surface area contributed by atoms with Crippen LogP contribution in [0.25, 0.3) is 0 Å². The zero-order valence-electron chi connectivity index (χ0n) is 13.0. The van der Waals surface area contributed by atoms with Crippen molar-refractivity contribution in [3.63, 3.8) is 0 Å². The summed E-state index contributed by atoms with van der Waals surface area (Å²) in [6.45, 7) is 5.61. The number of piperidine rings is 1. The summed E-state index contributed by atoms with van der Waals surface area (Å²) in [6, 6.07) is 0. The summed E-state index contributed by atoms with van der Waals surface area (Å²) in [6.07, 6.45) is 10.3. The van der Waals surface area contributed by atoms with Gasteiger partial charge < -0.3 is 9.64 Å². The van der Waals surface area contributed by atoms with E-state index in [0.29, 0.717) is 25.8 Å². The lowest BCUT2D eigenvalue weighted by molar-refractivity contribution is -0.136. The van der Waals surface area contributed by atoms with Gasteiger partial charge in [0, 0.05) is 38.8 Å². The number of amides is 1. The number of rotatable bonds is 7. The second kappa shape index (κ2) is 7.04. The fourth-order valence-corrected chi connectivity index (χ4v) is 2.79. The number of hydrogen-bond donors (Lipinski definition) is 0. The third kappa shape index (κ3) is 4.82. The first-order chi connectivity index (χ1) is 10.0. The molecule has 21 heavy (non-hydrogen) atoms. The van der Waals surface area contributed by atoms with Crippen LogP contribution in [0.15, 0.2) is 10.2 Å². The summed E-state index contributed by atoms with van der Waals surface area (Å²) in [4.78, 5) is 14.2. The Morgan fingerprint density at radius 1 is 1.48 bits per heavy atom. The third-order valence-electron chi connectivity index (χ3n) is 3.99. The zero-order chi connectivity index (χ0) is 15.3. The van der Waals surface area contributed by atoms with Crippen molar-refractivity contribution in [3.8, 4) is 12.3 Å². The fraction of sp³-hybridized carbons (Fsp3) is 0.812. The molecule has 1 amide bonds. The quantitative estimate of drug-likeness (QED) is 0.677. The molecule has 1 fully saturated rings. The van der Waals surface area contributed by atoms with Crippen molar-refractivity contribution >= 4 is 5.91 Å². The Labute approximate surface area is 127 Å². The first-order valence-electron chi connectivity index (χ1n) is 7.85. The molecule has 1 saturated heterocycles. The standard InChI is InChI=1S/C16H25N3O2/c1-4-5-9-16(17-18-16)10-8-15(20)19-11-6-7-14(12-19)21-13(2)3/h1,13-14H,5-12H2,2-3H3. The van der Waals surface area contributed by atoms with Gasteiger partial charge in [-0.15, -0.1) is 12.3 Å². The first kappa shape index (κ1) is 16.0. The van der Waals surface area contributed by atoms with Crippen molar-refractivity contribution in [1.82, 2.24) is 4.90 Å². The van der Waals surface area contributed by atoms with Gasteiger partial charge in [-0.2, -0.15) is 10.2 Å². The van der Waals surface area contributed by atoms with Crippen LogP contribution >= 0.6 is 0 Å². The maximum Gasteiger partial charge on any atom is 0.222 e. The second-order valence-electron chi connectivity index (χ2n) is 6.18. The molecule has 0 saturated carbocycles. The van der Waals surface area contributed by atoms with Gasteiger partial charge in [-0.1, -0.05) is 0 Å².